The molecule has 0 spiro atoms. The van der Waals surface area contributed by atoms with Crippen LogP contribution < -0.4 is 10.5 Å². The van der Waals surface area contributed by atoms with Gasteiger partial charge in [-0.3, -0.25) is 0 Å². The van der Waals surface area contributed by atoms with Crippen molar-refractivity contribution in [2.75, 3.05) is 6.61 Å². The molecule has 0 saturated heterocycles. The van der Waals surface area contributed by atoms with E-state index in [0.717, 1.165) is 31.6 Å². The Bertz CT molecular complexity index is 362. The highest BCUT2D eigenvalue weighted by Crippen LogP contribution is 2.31. The van der Waals surface area contributed by atoms with Crippen LogP contribution >= 0.6 is 0 Å². The van der Waals surface area contributed by atoms with Crippen LogP contribution in [0.25, 0.3) is 0 Å². The molecule has 0 bridgehead atoms. The lowest BCUT2D eigenvalue weighted by molar-refractivity contribution is 0.305. The fourth-order valence-corrected chi connectivity index (χ4v) is 2.44. The Morgan fingerprint density at radius 1 is 1.29 bits per heavy atom. The maximum atomic E-state index is 6.01. The highest BCUT2D eigenvalue weighted by Gasteiger charge is 2.18. The second-order valence-corrected chi connectivity index (χ2v) is 4.91. The van der Waals surface area contributed by atoms with Gasteiger partial charge in [-0.25, -0.2) is 0 Å². The van der Waals surface area contributed by atoms with Crippen LogP contribution in [0.1, 0.15) is 56.2 Å². The van der Waals surface area contributed by atoms with Gasteiger partial charge in [0.2, 0.25) is 0 Å². The molecule has 0 saturated carbocycles. The molecule has 1 aromatic carbocycles. The van der Waals surface area contributed by atoms with Crippen molar-refractivity contribution in [3.63, 3.8) is 0 Å². The molecular formula is C15H23NO. The average Bonchev–Trinajstić information content (AvgIpc) is 2.71. The zero-order chi connectivity index (χ0) is 12.1. The van der Waals surface area contributed by atoms with E-state index >= 15 is 0 Å². The van der Waals surface area contributed by atoms with E-state index in [4.69, 9.17) is 10.5 Å². The molecule has 2 rings (SSSR count). The number of hydrogen-bond acceptors (Lipinski definition) is 2. The summed E-state index contributed by atoms with van der Waals surface area (Å²) < 4.78 is 5.77. The third kappa shape index (κ3) is 3.22. The Morgan fingerprint density at radius 3 is 3.00 bits per heavy atom. The first-order chi connectivity index (χ1) is 8.31. The highest BCUT2D eigenvalue weighted by atomic mass is 16.5. The van der Waals surface area contributed by atoms with Crippen LogP contribution in [-0.4, -0.2) is 6.61 Å². The first-order valence-corrected chi connectivity index (χ1v) is 6.82. The van der Waals surface area contributed by atoms with Crippen LogP contribution in [0.4, 0.5) is 0 Å². The summed E-state index contributed by atoms with van der Waals surface area (Å²) in [6.45, 7) is 3.06. The van der Waals surface area contributed by atoms with E-state index in [1.165, 1.54) is 30.4 Å². The quantitative estimate of drug-likeness (QED) is 0.762. The first kappa shape index (κ1) is 12.4. The highest BCUT2D eigenvalue weighted by molar-refractivity contribution is 5.40. The van der Waals surface area contributed by atoms with Gasteiger partial charge < -0.3 is 10.5 Å². The Balaban J connectivity index is 1.82. The third-order valence-corrected chi connectivity index (χ3v) is 3.51. The molecule has 17 heavy (non-hydrogen) atoms. The molecule has 0 aliphatic heterocycles. The number of ether oxygens (including phenoxy) is 1. The molecule has 1 aliphatic carbocycles. The molecule has 2 nitrogen and oxygen atoms in total. The van der Waals surface area contributed by atoms with Gasteiger partial charge in [0.1, 0.15) is 5.75 Å². The molecule has 0 amide bonds. The van der Waals surface area contributed by atoms with E-state index in [0.29, 0.717) is 0 Å². The lowest BCUT2D eigenvalue weighted by Gasteiger charge is -2.09. The summed E-state index contributed by atoms with van der Waals surface area (Å²) in [5, 5.41) is 0. The molecule has 0 radical (unpaired) electrons. The van der Waals surface area contributed by atoms with Crippen LogP contribution in [0.2, 0.25) is 0 Å². The van der Waals surface area contributed by atoms with Crippen molar-refractivity contribution < 1.29 is 4.74 Å². The summed E-state index contributed by atoms with van der Waals surface area (Å²) in [7, 11) is 0. The number of unbranched alkanes of at least 4 members (excludes halogenated alkanes) is 3. The van der Waals surface area contributed by atoms with Crippen LogP contribution in [-0.2, 0) is 6.42 Å². The molecule has 2 heteroatoms. The summed E-state index contributed by atoms with van der Waals surface area (Å²) >= 11 is 0. The van der Waals surface area contributed by atoms with Crippen molar-refractivity contribution in [3.05, 3.63) is 29.3 Å². The monoisotopic (exact) mass is 233 g/mol. The number of benzene rings is 1. The van der Waals surface area contributed by atoms with Crippen molar-refractivity contribution in [1.82, 2.24) is 0 Å². The number of fused-ring (bicyclic) bond motifs is 1. The Hall–Kier alpha value is -1.02. The van der Waals surface area contributed by atoms with Gasteiger partial charge in [-0.2, -0.15) is 0 Å². The van der Waals surface area contributed by atoms with Gasteiger partial charge in [0.05, 0.1) is 6.61 Å². The number of hydrogen-bond donors (Lipinski definition) is 1. The molecule has 0 heterocycles. The molecule has 94 valence electrons. The van der Waals surface area contributed by atoms with Crippen molar-refractivity contribution >= 4 is 0 Å². The minimum Gasteiger partial charge on any atom is -0.494 e. The molecule has 2 N–H and O–H groups in total. The second kappa shape index (κ2) is 6.06. The number of rotatable bonds is 6. The fourth-order valence-electron chi connectivity index (χ4n) is 2.44. The van der Waals surface area contributed by atoms with Crippen molar-refractivity contribution in [3.8, 4) is 5.75 Å². The van der Waals surface area contributed by atoms with E-state index in [1.807, 2.05) is 0 Å². The van der Waals surface area contributed by atoms with Crippen LogP contribution in [0.15, 0.2) is 18.2 Å². The summed E-state index contributed by atoms with van der Waals surface area (Å²) in [5.41, 5.74) is 8.70. The first-order valence-electron chi connectivity index (χ1n) is 6.82. The number of nitrogens with two attached hydrogens (primary N) is 1. The SMILES string of the molecule is CCCCCCOc1ccc2c(c1)CCC2N. The molecule has 1 aromatic rings. The minimum absolute atomic E-state index is 0.239. The zero-order valence-electron chi connectivity index (χ0n) is 10.7. The minimum atomic E-state index is 0.239. The smallest absolute Gasteiger partial charge is 0.119 e. The van der Waals surface area contributed by atoms with Crippen LogP contribution in [0, 0.1) is 0 Å². The van der Waals surface area contributed by atoms with E-state index < -0.39 is 0 Å². The molecule has 0 aromatic heterocycles. The standard InChI is InChI=1S/C15H23NO/c1-2-3-4-5-10-17-13-7-8-14-12(11-13)6-9-15(14)16/h7-8,11,15H,2-6,9-10,16H2,1H3. The lowest BCUT2D eigenvalue weighted by Crippen LogP contribution is -2.05. The molecule has 1 atom stereocenters. The van der Waals surface area contributed by atoms with Gasteiger partial charge in [-0.15, -0.1) is 0 Å². The number of aryl methyl sites for hydroxylation is 1. The van der Waals surface area contributed by atoms with Crippen molar-refractivity contribution in [1.29, 1.82) is 0 Å². The van der Waals surface area contributed by atoms with Gasteiger partial charge in [0.25, 0.3) is 0 Å². The van der Waals surface area contributed by atoms with Crippen LogP contribution in [0.5, 0.6) is 5.75 Å². The third-order valence-electron chi connectivity index (χ3n) is 3.51. The molecular weight excluding hydrogens is 210 g/mol. The lowest BCUT2D eigenvalue weighted by atomic mass is 10.1. The van der Waals surface area contributed by atoms with Crippen LogP contribution in [0.3, 0.4) is 0 Å². The van der Waals surface area contributed by atoms with Gasteiger partial charge in [-0.05, 0) is 42.5 Å². The normalized spacial score (nSPS) is 18.1. The average molecular weight is 233 g/mol. The maximum absolute atomic E-state index is 6.01. The van der Waals surface area contributed by atoms with Gasteiger partial charge in [0, 0.05) is 6.04 Å². The summed E-state index contributed by atoms with van der Waals surface area (Å²) in [5.74, 6) is 1.01. The molecule has 1 aliphatic rings. The van der Waals surface area contributed by atoms with Crippen molar-refractivity contribution in [2.45, 2.75) is 51.5 Å². The summed E-state index contributed by atoms with van der Waals surface area (Å²) in [4.78, 5) is 0. The topological polar surface area (TPSA) is 35.2 Å². The summed E-state index contributed by atoms with van der Waals surface area (Å²) in [6, 6.07) is 6.60. The summed E-state index contributed by atoms with van der Waals surface area (Å²) in [6.07, 6.45) is 7.19. The van der Waals surface area contributed by atoms with E-state index in [1.54, 1.807) is 0 Å². The second-order valence-electron chi connectivity index (χ2n) is 4.91. The predicted molar refractivity (Wildman–Crippen MR) is 71.3 cm³/mol. The van der Waals surface area contributed by atoms with E-state index in [-0.39, 0.29) is 6.04 Å². The molecule has 0 fully saturated rings. The van der Waals surface area contributed by atoms with E-state index in [9.17, 15) is 0 Å². The van der Waals surface area contributed by atoms with Crippen molar-refractivity contribution in [2.24, 2.45) is 5.73 Å². The largest absolute Gasteiger partial charge is 0.494 e. The Kier molecular flexibility index (Phi) is 4.43. The van der Waals surface area contributed by atoms with Gasteiger partial charge in [0.15, 0.2) is 0 Å². The Labute approximate surface area is 104 Å². The van der Waals surface area contributed by atoms with Gasteiger partial charge >= 0.3 is 0 Å². The van der Waals surface area contributed by atoms with E-state index in [2.05, 4.69) is 25.1 Å². The Morgan fingerprint density at radius 2 is 2.18 bits per heavy atom. The maximum Gasteiger partial charge on any atom is 0.119 e. The predicted octanol–water partition coefficient (Wildman–Crippen LogP) is 3.59. The van der Waals surface area contributed by atoms with Gasteiger partial charge in [-0.1, -0.05) is 32.3 Å². The molecule has 1 unspecified atom stereocenters. The fraction of sp³-hybridized carbons (Fsp3) is 0.600. The zero-order valence-corrected chi connectivity index (χ0v) is 10.7.